The molecule has 1 aromatic heterocycles. The number of hydrogen-bond donors (Lipinski definition) is 2. The third-order valence-corrected chi connectivity index (χ3v) is 6.16. The topological polar surface area (TPSA) is 137 Å². The van der Waals surface area contributed by atoms with E-state index in [4.69, 9.17) is 14.0 Å². The minimum absolute atomic E-state index is 0.105. The van der Waals surface area contributed by atoms with Crippen molar-refractivity contribution in [1.82, 2.24) is 5.16 Å². The molecule has 180 valence electrons. The Bertz CT molecular complexity index is 1320. The number of hydrogen-bond acceptors (Lipinski definition) is 8. The van der Waals surface area contributed by atoms with E-state index < -0.39 is 16.0 Å². The maximum Gasteiger partial charge on any atom is 0.338 e. The number of nitrogens with one attached hydrogen (secondary N) is 2. The monoisotopic (exact) mass is 487 g/mol. The predicted octanol–water partition coefficient (Wildman–Crippen LogP) is 3.85. The molecule has 2 N–H and O–H groups in total. The van der Waals surface area contributed by atoms with E-state index in [9.17, 15) is 18.0 Å². The number of esters is 1. The molecule has 0 atom stereocenters. The van der Waals surface area contributed by atoms with Gasteiger partial charge in [-0.1, -0.05) is 24.2 Å². The van der Waals surface area contributed by atoms with Crippen LogP contribution in [0.15, 0.2) is 51.9 Å². The van der Waals surface area contributed by atoms with Gasteiger partial charge >= 0.3 is 5.97 Å². The van der Waals surface area contributed by atoms with E-state index in [0.717, 1.165) is 0 Å². The molecule has 0 saturated carbocycles. The van der Waals surface area contributed by atoms with Gasteiger partial charge in [-0.15, -0.1) is 0 Å². The number of ether oxygens (including phenoxy) is 2. The molecule has 3 rings (SSSR count). The molecule has 11 heteroatoms. The second kappa shape index (κ2) is 10.4. The van der Waals surface area contributed by atoms with Crippen molar-refractivity contribution in [1.29, 1.82) is 0 Å². The fourth-order valence-electron chi connectivity index (χ4n) is 3.28. The van der Waals surface area contributed by atoms with Crippen LogP contribution in [0.3, 0.4) is 0 Å². The second-order valence-electron chi connectivity index (χ2n) is 7.14. The van der Waals surface area contributed by atoms with Gasteiger partial charge in [0.15, 0.2) is 0 Å². The molecule has 0 fully saturated rings. The largest absolute Gasteiger partial charge is 0.495 e. The SMILES string of the molecule is CCOC(=O)c1cccc(NS(=O)(=O)c2cc(-c3c(CC)noc3NC(C)=O)ccc2OC)c1. The quantitative estimate of drug-likeness (QED) is 0.434. The lowest BCUT2D eigenvalue weighted by atomic mass is 10.0. The molecule has 1 heterocycles. The zero-order chi connectivity index (χ0) is 24.9. The van der Waals surface area contributed by atoms with Crippen molar-refractivity contribution in [3.8, 4) is 16.9 Å². The summed E-state index contributed by atoms with van der Waals surface area (Å²) in [6, 6.07) is 10.5. The zero-order valence-corrected chi connectivity index (χ0v) is 20.0. The molecule has 0 aliphatic heterocycles. The number of carbonyl (C=O) groups is 2. The summed E-state index contributed by atoms with van der Waals surface area (Å²) in [5.74, 6) is -0.695. The van der Waals surface area contributed by atoms with Crippen LogP contribution in [0.25, 0.3) is 11.1 Å². The highest BCUT2D eigenvalue weighted by Crippen LogP contribution is 2.37. The lowest BCUT2D eigenvalue weighted by molar-refractivity contribution is -0.114. The van der Waals surface area contributed by atoms with E-state index in [1.54, 1.807) is 19.1 Å². The normalized spacial score (nSPS) is 11.1. The van der Waals surface area contributed by atoms with E-state index in [2.05, 4.69) is 15.2 Å². The van der Waals surface area contributed by atoms with E-state index in [-0.39, 0.29) is 40.3 Å². The molecule has 2 aromatic carbocycles. The summed E-state index contributed by atoms with van der Waals surface area (Å²) in [5, 5.41) is 6.55. The van der Waals surface area contributed by atoms with Crippen LogP contribution in [0.2, 0.25) is 0 Å². The van der Waals surface area contributed by atoms with Gasteiger partial charge in [0.1, 0.15) is 10.6 Å². The molecule has 10 nitrogen and oxygen atoms in total. The molecule has 0 saturated heterocycles. The Morgan fingerprint density at radius 3 is 2.53 bits per heavy atom. The number of carbonyl (C=O) groups excluding carboxylic acids is 2. The number of sulfonamides is 1. The molecule has 0 aliphatic carbocycles. The lowest BCUT2D eigenvalue weighted by Gasteiger charge is -2.14. The summed E-state index contributed by atoms with van der Waals surface area (Å²) in [4.78, 5) is 23.4. The summed E-state index contributed by atoms with van der Waals surface area (Å²) >= 11 is 0. The molecular formula is C23H25N3O7S. The maximum atomic E-state index is 13.3. The fraction of sp³-hybridized carbons (Fsp3) is 0.261. The number of aryl methyl sites for hydroxylation is 1. The number of methoxy groups -OCH3 is 1. The average molecular weight is 488 g/mol. The molecule has 0 unspecified atom stereocenters. The molecule has 3 aromatic rings. The molecule has 0 radical (unpaired) electrons. The Morgan fingerprint density at radius 2 is 1.88 bits per heavy atom. The summed E-state index contributed by atoms with van der Waals surface area (Å²) in [6.45, 7) is 5.07. The second-order valence-corrected chi connectivity index (χ2v) is 8.79. The standard InChI is InChI=1S/C23H25N3O7S/c1-5-18-21(22(33-25-18)24-14(3)27)15-10-11-19(31-4)20(13-15)34(29,30)26-17-9-7-8-16(12-17)23(28)32-6-2/h7-13,26H,5-6H2,1-4H3,(H,24,27). The van der Waals surface area contributed by atoms with Crippen LogP contribution in [0, 0.1) is 0 Å². The first kappa shape index (κ1) is 24.8. The molecule has 34 heavy (non-hydrogen) atoms. The lowest BCUT2D eigenvalue weighted by Crippen LogP contribution is -2.15. The van der Waals surface area contributed by atoms with Crippen molar-refractivity contribution in [2.24, 2.45) is 0 Å². The first-order chi connectivity index (χ1) is 16.2. The Balaban J connectivity index is 2.05. The molecule has 0 spiro atoms. The summed E-state index contributed by atoms with van der Waals surface area (Å²) in [7, 11) is -2.79. The van der Waals surface area contributed by atoms with Crippen LogP contribution in [-0.4, -0.2) is 39.2 Å². The van der Waals surface area contributed by atoms with Crippen molar-refractivity contribution in [2.75, 3.05) is 23.8 Å². The van der Waals surface area contributed by atoms with E-state index in [1.807, 2.05) is 6.92 Å². The highest BCUT2D eigenvalue weighted by atomic mass is 32.2. The van der Waals surface area contributed by atoms with Gasteiger partial charge in [0.2, 0.25) is 11.8 Å². The maximum absolute atomic E-state index is 13.3. The summed E-state index contributed by atoms with van der Waals surface area (Å²) in [6.07, 6.45) is 0.492. The summed E-state index contributed by atoms with van der Waals surface area (Å²) < 4.78 is 44.6. The number of rotatable bonds is 9. The molecule has 1 amide bonds. The van der Waals surface area contributed by atoms with Gasteiger partial charge in [0, 0.05) is 12.6 Å². The van der Waals surface area contributed by atoms with E-state index in [0.29, 0.717) is 23.2 Å². The molecule has 0 bridgehead atoms. The van der Waals surface area contributed by atoms with Crippen LogP contribution in [-0.2, 0) is 26.0 Å². The number of aromatic nitrogens is 1. The van der Waals surface area contributed by atoms with Crippen molar-refractivity contribution >= 4 is 33.5 Å². The fourth-order valence-corrected chi connectivity index (χ4v) is 4.53. The van der Waals surface area contributed by atoms with Gasteiger partial charge in [0.25, 0.3) is 10.0 Å². The van der Waals surface area contributed by atoms with Gasteiger partial charge in [-0.25, -0.2) is 13.2 Å². The van der Waals surface area contributed by atoms with Crippen LogP contribution in [0.4, 0.5) is 11.6 Å². The van der Waals surface area contributed by atoms with Gasteiger partial charge in [0.05, 0.1) is 30.5 Å². The highest BCUT2D eigenvalue weighted by Gasteiger charge is 2.24. The van der Waals surface area contributed by atoms with Crippen molar-refractivity contribution in [3.63, 3.8) is 0 Å². The predicted molar refractivity (Wildman–Crippen MR) is 125 cm³/mol. The van der Waals surface area contributed by atoms with Gasteiger partial charge < -0.3 is 14.0 Å². The van der Waals surface area contributed by atoms with Crippen molar-refractivity contribution in [2.45, 2.75) is 32.1 Å². The number of amides is 1. The Kier molecular flexibility index (Phi) is 7.57. The smallest absolute Gasteiger partial charge is 0.338 e. The number of benzene rings is 2. The Hall–Kier alpha value is -3.86. The van der Waals surface area contributed by atoms with Crippen LogP contribution in [0.5, 0.6) is 5.75 Å². The average Bonchev–Trinajstić information content (AvgIpc) is 3.20. The van der Waals surface area contributed by atoms with Crippen molar-refractivity contribution < 1.29 is 32.0 Å². The molecular weight excluding hydrogens is 462 g/mol. The number of nitrogens with zero attached hydrogens (tertiary/aromatic N) is 1. The first-order valence-corrected chi connectivity index (χ1v) is 11.9. The Labute approximate surface area is 197 Å². The summed E-state index contributed by atoms with van der Waals surface area (Å²) in [5.41, 5.74) is 1.87. The highest BCUT2D eigenvalue weighted by molar-refractivity contribution is 7.92. The molecule has 0 aliphatic rings. The first-order valence-electron chi connectivity index (χ1n) is 10.4. The minimum atomic E-state index is -4.15. The minimum Gasteiger partial charge on any atom is -0.495 e. The van der Waals surface area contributed by atoms with Crippen molar-refractivity contribution in [3.05, 3.63) is 53.7 Å². The third kappa shape index (κ3) is 5.37. The van der Waals surface area contributed by atoms with Crippen LogP contribution in [0.1, 0.15) is 36.8 Å². The number of anilines is 2. The third-order valence-electron chi connectivity index (χ3n) is 4.75. The van der Waals surface area contributed by atoms with Gasteiger partial charge in [-0.3, -0.25) is 14.8 Å². The Morgan fingerprint density at radius 1 is 1.12 bits per heavy atom. The van der Waals surface area contributed by atoms with Gasteiger partial charge in [-0.2, -0.15) is 0 Å². The van der Waals surface area contributed by atoms with Crippen LogP contribution >= 0.6 is 0 Å². The van der Waals surface area contributed by atoms with E-state index in [1.165, 1.54) is 44.4 Å². The van der Waals surface area contributed by atoms with Gasteiger partial charge in [-0.05, 0) is 49.2 Å². The zero-order valence-electron chi connectivity index (χ0n) is 19.2. The van der Waals surface area contributed by atoms with Crippen LogP contribution < -0.4 is 14.8 Å². The van der Waals surface area contributed by atoms with E-state index >= 15 is 0 Å².